The lowest BCUT2D eigenvalue weighted by molar-refractivity contribution is 0.475. The second-order valence-electron chi connectivity index (χ2n) is 6.38. The number of nitrogens with one attached hydrogen (secondary N) is 1. The Kier molecular flexibility index (Phi) is 3.77. The first-order valence-electron chi connectivity index (χ1n) is 7.31. The summed E-state index contributed by atoms with van der Waals surface area (Å²) in [7, 11) is 0. The van der Waals surface area contributed by atoms with Crippen LogP contribution in [0.1, 0.15) is 32.2 Å². The molecule has 3 rings (SSSR count). The third-order valence-corrected chi connectivity index (χ3v) is 3.84. The highest BCUT2D eigenvalue weighted by Gasteiger charge is 2.21. The van der Waals surface area contributed by atoms with Gasteiger partial charge in [0, 0.05) is 11.0 Å². The number of H-pyrrole nitrogens is 1. The van der Waals surface area contributed by atoms with Crippen LogP contribution in [-0.4, -0.2) is 26.2 Å². The van der Waals surface area contributed by atoms with E-state index in [1.165, 1.54) is 0 Å². The number of rotatable bonds is 2. The zero-order valence-electron chi connectivity index (χ0n) is 13.2. The normalized spacial score (nSPS) is 12.3. The zero-order chi connectivity index (χ0) is 16.6. The van der Waals surface area contributed by atoms with Gasteiger partial charge in [-0.05, 0) is 29.1 Å². The SMILES string of the molecule is CC(C)(C)c1n[nH]c(=S)n1/N=C/c1c(O)ccc2ccccc12. The maximum atomic E-state index is 10.2. The van der Waals surface area contributed by atoms with E-state index in [0.717, 1.165) is 16.6 Å². The van der Waals surface area contributed by atoms with Crippen LogP contribution < -0.4 is 0 Å². The number of aromatic nitrogens is 3. The zero-order valence-corrected chi connectivity index (χ0v) is 14.1. The third kappa shape index (κ3) is 2.90. The van der Waals surface area contributed by atoms with E-state index in [1.54, 1.807) is 17.0 Å². The lowest BCUT2D eigenvalue weighted by Crippen LogP contribution is -2.17. The third-order valence-electron chi connectivity index (χ3n) is 3.57. The lowest BCUT2D eigenvalue weighted by atomic mass is 9.96. The molecule has 0 amide bonds. The van der Waals surface area contributed by atoms with Crippen molar-refractivity contribution in [2.24, 2.45) is 5.10 Å². The molecule has 5 nitrogen and oxygen atoms in total. The van der Waals surface area contributed by atoms with Crippen LogP contribution in [-0.2, 0) is 5.41 Å². The molecule has 3 aromatic rings. The van der Waals surface area contributed by atoms with Gasteiger partial charge in [-0.15, -0.1) is 0 Å². The molecule has 0 saturated heterocycles. The fourth-order valence-corrected chi connectivity index (χ4v) is 2.60. The van der Waals surface area contributed by atoms with Crippen LogP contribution in [0, 0.1) is 4.77 Å². The summed E-state index contributed by atoms with van der Waals surface area (Å²) < 4.78 is 2.02. The number of aromatic hydroxyl groups is 1. The molecule has 0 fully saturated rings. The molecule has 0 aliphatic heterocycles. The van der Waals surface area contributed by atoms with Gasteiger partial charge in [0.1, 0.15) is 5.75 Å². The van der Waals surface area contributed by atoms with Crippen LogP contribution in [0.15, 0.2) is 41.5 Å². The summed E-state index contributed by atoms with van der Waals surface area (Å²) in [6.45, 7) is 6.12. The lowest BCUT2D eigenvalue weighted by Gasteiger charge is -2.15. The molecule has 0 aliphatic carbocycles. The number of aromatic amines is 1. The Morgan fingerprint density at radius 3 is 2.70 bits per heavy atom. The summed E-state index contributed by atoms with van der Waals surface area (Å²) >= 11 is 5.25. The Labute approximate surface area is 139 Å². The number of hydrogen-bond acceptors (Lipinski definition) is 4. The molecule has 0 radical (unpaired) electrons. The predicted octanol–water partition coefficient (Wildman–Crippen LogP) is 3.98. The summed E-state index contributed by atoms with van der Waals surface area (Å²) in [4.78, 5) is 0. The van der Waals surface area contributed by atoms with E-state index in [2.05, 4.69) is 15.3 Å². The number of fused-ring (bicyclic) bond motifs is 1. The molecule has 0 aliphatic rings. The van der Waals surface area contributed by atoms with Crippen LogP contribution in [0.25, 0.3) is 10.8 Å². The van der Waals surface area contributed by atoms with Gasteiger partial charge in [0.25, 0.3) is 0 Å². The number of phenols is 1. The molecule has 0 unspecified atom stereocenters. The van der Waals surface area contributed by atoms with Crippen molar-refractivity contribution in [1.82, 2.24) is 14.9 Å². The van der Waals surface area contributed by atoms with Crippen molar-refractivity contribution >= 4 is 29.2 Å². The first kappa shape index (κ1) is 15.4. The van der Waals surface area contributed by atoms with Crippen molar-refractivity contribution in [3.8, 4) is 5.75 Å². The molecule has 0 spiro atoms. The number of nitrogens with zero attached hydrogens (tertiary/aromatic N) is 3. The molecule has 0 atom stereocenters. The summed E-state index contributed by atoms with van der Waals surface area (Å²) in [6, 6.07) is 11.4. The van der Waals surface area contributed by atoms with Crippen molar-refractivity contribution in [2.45, 2.75) is 26.2 Å². The minimum absolute atomic E-state index is 0.180. The van der Waals surface area contributed by atoms with E-state index < -0.39 is 0 Å². The fourth-order valence-electron chi connectivity index (χ4n) is 2.42. The number of benzene rings is 2. The molecule has 0 saturated carbocycles. The van der Waals surface area contributed by atoms with Crippen LogP contribution in [0.5, 0.6) is 5.75 Å². The quantitative estimate of drug-likeness (QED) is 0.553. The maximum Gasteiger partial charge on any atom is 0.216 e. The van der Waals surface area contributed by atoms with E-state index in [9.17, 15) is 5.11 Å². The van der Waals surface area contributed by atoms with E-state index in [0.29, 0.717) is 10.3 Å². The Balaban J connectivity index is 2.14. The fraction of sp³-hybridized carbons (Fsp3) is 0.235. The van der Waals surface area contributed by atoms with Gasteiger partial charge in [0.15, 0.2) is 5.82 Å². The predicted molar refractivity (Wildman–Crippen MR) is 94.7 cm³/mol. The van der Waals surface area contributed by atoms with Gasteiger partial charge in [0.05, 0.1) is 6.21 Å². The van der Waals surface area contributed by atoms with Crippen LogP contribution in [0.2, 0.25) is 0 Å². The summed E-state index contributed by atoms with van der Waals surface area (Å²) in [5.74, 6) is 0.915. The molecule has 0 bridgehead atoms. The van der Waals surface area contributed by atoms with Gasteiger partial charge in [-0.3, -0.25) is 5.10 Å². The minimum atomic E-state index is -0.203. The van der Waals surface area contributed by atoms with E-state index in [4.69, 9.17) is 12.2 Å². The van der Waals surface area contributed by atoms with Crippen molar-refractivity contribution in [1.29, 1.82) is 0 Å². The second kappa shape index (κ2) is 5.62. The molecule has 1 aromatic heterocycles. The van der Waals surface area contributed by atoms with Crippen LogP contribution in [0.4, 0.5) is 0 Å². The van der Waals surface area contributed by atoms with Gasteiger partial charge < -0.3 is 5.11 Å². The highest BCUT2D eigenvalue weighted by Crippen LogP contribution is 2.26. The molecule has 1 heterocycles. The van der Waals surface area contributed by atoms with Crippen molar-refractivity contribution in [3.05, 3.63) is 52.6 Å². The van der Waals surface area contributed by atoms with Gasteiger partial charge >= 0.3 is 0 Å². The highest BCUT2D eigenvalue weighted by atomic mass is 32.1. The monoisotopic (exact) mass is 326 g/mol. The number of hydrogen-bond donors (Lipinski definition) is 2. The van der Waals surface area contributed by atoms with Gasteiger partial charge in [-0.1, -0.05) is 51.1 Å². The molecule has 118 valence electrons. The van der Waals surface area contributed by atoms with E-state index in [1.807, 2.05) is 51.1 Å². The molecule has 23 heavy (non-hydrogen) atoms. The minimum Gasteiger partial charge on any atom is -0.507 e. The van der Waals surface area contributed by atoms with E-state index >= 15 is 0 Å². The van der Waals surface area contributed by atoms with Gasteiger partial charge in [-0.25, -0.2) is 0 Å². The highest BCUT2D eigenvalue weighted by molar-refractivity contribution is 7.71. The van der Waals surface area contributed by atoms with Crippen molar-refractivity contribution in [2.75, 3.05) is 0 Å². The standard InChI is InChI=1S/C17H18N4OS/c1-17(2,3)15-19-20-16(23)21(15)18-10-13-12-7-5-4-6-11(12)8-9-14(13)22/h4-10,22H,1-3H3,(H,20,23)/b18-10+. The first-order valence-corrected chi connectivity index (χ1v) is 7.72. The Bertz CT molecular complexity index is 947. The molecular weight excluding hydrogens is 308 g/mol. The van der Waals surface area contributed by atoms with Crippen molar-refractivity contribution in [3.63, 3.8) is 0 Å². The average molecular weight is 326 g/mol. The number of phenolic OH excluding ortho intramolecular Hbond substituents is 1. The van der Waals surface area contributed by atoms with Gasteiger partial charge in [-0.2, -0.15) is 14.9 Å². The van der Waals surface area contributed by atoms with E-state index in [-0.39, 0.29) is 11.2 Å². The largest absolute Gasteiger partial charge is 0.507 e. The maximum absolute atomic E-state index is 10.2. The summed E-state index contributed by atoms with van der Waals surface area (Å²) in [6.07, 6.45) is 1.62. The average Bonchev–Trinajstić information content (AvgIpc) is 2.87. The Morgan fingerprint density at radius 1 is 1.22 bits per heavy atom. The first-order chi connectivity index (χ1) is 10.9. The Hall–Kier alpha value is -2.47. The topological polar surface area (TPSA) is 66.2 Å². The smallest absolute Gasteiger partial charge is 0.216 e. The van der Waals surface area contributed by atoms with Gasteiger partial charge in [0.2, 0.25) is 4.77 Å². The second-order valence-corrected chi connectivity index (χ2v) is 6.76. The molecule has 2 aromatic carbocycles. The molecule has 6 heteroatoms. The molecule has 2 N–H and O–H groups in total. The van der Waals surface area contributed by atoms with Crippen molar-refractivity contribution < 1.29 is 5.11 Å². The van der Waals surface area contributed by atoms with Crippen LogP contribution in [0.3, 0.4) is 0 Å². The Morgan fingerprint density at radius 2 is 1.96 bits per heavy atom. The molecular formula is C17H18N4OS. The summed E-state index contributed by atoms with van der Waals surface area (Å²) in [5.41, 5.74) is 0.456. The van der Waals surface area contributed by atoms with Crippen LogP contribution >= 0.6 is 12.2 Å². The summed E-state index contributed by atoms with van der Waals surface area (Å²) in [5, 5.41) is 23.6.